The third-order valence-corrected chi connectivity index (χ3v) is 5.69. The van der Waals surface area contributed by atoms with Gasteiger partial charge in [-0.15, -0.1) is 0 Å². The van der Waals surface area contributed by atoms with Crippen LogP contribution in [-0.4, -0.2) is 25.4 Å². The number of allylic oxidation sites excluding steroid dienone is 1. The minimum Gasteiger partial charge on any atom is -0.504 e. The summed E-state index contributed by atoms with van der Waals surface area (Å²) in [5, 5.41) is 43.2. The maximum absolute atomic E-state index is 12.2. The van der Waals surface area contributed by atoms with E-state index in [4.69, 9.17) is 0 Å². The van der Waals surface area contributed by atoms with Crippen molar-refractivity contribution in [3.8, 4) is 17.2 Å². The fourth-order valence-electron chi connectivity index (χ4n) is 4.27. The smallest absolute Gasteiger partial charge is 0.200 e. The maximum Gasteiger partial charge on any atom is 0.200 e. The number of fused-ring (bicyclic) bond motifs is 2. The van der Waals surface area contributed by atoms with Gasteiger partial charge in [-0.2, -0.15) is 0 Å². The second kappa shape index (κ2) is 6.15. The second-order valence-corrected chi connectivity index (χ2v) is 7.30. The van der Waals surface area contributed by atoms with E-state index in [2.05, 4.69) is 4.98 Å². The molecule has 1 aliphatic rings. The van der Waals surface area contributed by atoms with Crippen molar-refractivity contribution in [1.82, 2.24) is 4.98 Å². The number of para-hydroxylation sites is 1. The summed E-state index contributed by atoms with van der Waals surface area (Å²) in [5.41, 5.74) is 2.73. The van der Waals surface area contributed by atoms with E-state index >= 15 is 0 Å². The first kappa shape index (κ1) is 17.4. The summed E-state index contributed by atoms with van der Waals surface area (Å²) >= 11 is 0. The maximum atomic E-state index is 12.2. The Hall–Kier alpha value is -3.70. The number of aromatic amines is 1. The Labute approximate surface area is 166 Å². The van der Waals surface area contributed by atoms with Gasteiger partial charge in [-0.3, -0.25) is 0 Å². The van der Waals surface area contributed by atoms with Crippen LogP contribution in [0, 0.1) is 0 Å². The van der Waals surface area contributed by atoms with Gasteiger partial charge in [0.25, 0.3) is 0 Å². The first-order valence-corrected chi connectivity index (χ1v) is 9.33. The molecule has 4 aromatic rings. The van der Waals surface area contributed by atoms with Gasteiger partial charge in [0.05, 0.1) is 0 Å². The lowest BCUT2D eigenvalue weighted by Crippen LogP contribution is -2.28. The van der Waals surface area contributed by atoms with Gasteiger partial charge >= 0.3 is 0 Å². The fraction of sp³-hybridized carbons (Fsp3) is 0.0833. The van der Waals surface area contributed by atoms with Crippen molar-refractivity contribution >= 4 is 16.5 Å². The summed E-state index contributed by atoms with van der Waals surface area (Å²) in [4.78, 5) is 3.19. The average Bonchev–Trinajstić information content (AvgIpc) is 3.36. The first-order chi connectivity index (χ1) is 14.0. The first-order valence-electron chi connectivity index (χ1n) is 9.33. The predicted octanol–water partition coefficient (Wildman–Crippen LogP) is 4.16. The van der Waals surface area contributed by atoms with Crippen LogP contribution < -0.4 is 0 Å². The van der Waals surface area contributed by atoms with E-state index in [0.717, 1.165) is 22.0 Å². The molecule has 29 heavy (non-hydrogen) atoms. The number of phenolic OH excluding ortho intramolecular Hbond substituents is 3. The van der Waals surface area contributed by atoms with Gasteiger partial charge in [-0.1, -0.05) is 48.5 Å². The molecule has 1 aliphatic carbocycles. The van der Waals surface area contributed by atoms with Crippen LogP contribution in [0.3, 0.4) is 0 Å². The number of nitrogens with one attached hydrogen (secondary N) is 1. The van der Waals surface area contributed by atoms with Crippen molar-refractivity contribution in [2.45, 2.75) is 12.0 Å². The van der Waals surface area contributed by atoms with Gasteiger partial charge in [-0.25, -0.2) is 0 Å². The molecule has 144 valence electrons. The van der Waals surface area contributed by atoms with Crippen molar-refractivity contribution in [1.29, 1.82) is 0 Å². The van der Waals surface area contributed by atoms with E-state index < -0.39 is 22.8 Å². The van der Waals surface area contributed by atoms with Gasteiger partial charge in [0.15, 0.2) is 17.2 Å². The van der Waals surface area contributed by atoms with Crippen LogP contribution in [0.5, 0.6) is 17.2 Å². The molecule has 0 bridgehead atoms. The fourth-order valence-corrected chi connectivity index (χ4v) is 4.27. The van der Waals surface area contributed by atoms with E-state index in [1.54, 1.807) is 6.20 Å². The molecule has 0 spiro atoms. The highest BCUT2D eigenvalue weighted by atomic mass is 16.3. The van der Waals surface area contributed by atoms with Crippen molar-refractivity contribution < 1.29 is 20.4 Å². The number of benzene rings is 3. The molecule has 5 heteroatoms. The molecule has 1 aromatic heterocycles. The minimum absolute atomic E-state index is 0.262. The number of phenols is 3. The number of aromatic hydroxyl groups is 3. The van der Waals surface area contributed by atoms with Crippen LogP contribution in [0.15, 0.2) is 72.9 Å². The Balaban J connectivity index is 1.84. The Kier molecular flexibility index (Phi) is 3.69. The van der Waals surface area contributed by atoms with Crippen LogP contribution in [0.1, 0.15) is 22.3 Å². The third-order valence-electron chi connectivity index (χ3n) is 5.69. The standard InChI is InChI=1S/C24H19NO4/c26-21-11-15(12-22(27)23(21)28)24(29,18-10-9-14-5-1-2-6-16(14)18)19-13-25-20-8-4-3-7-17(19)20/h1-8,10-13,25-29H,9H2. The lowest BCUT2D eigenvalue weighted by Gasteiger charge is -2.31. The largest absolute Gasteiger partial charge is 0.504 e. The Bertz CT molecular complexity index is 1260. The zero-order valence-electron chi connectivity index (χ0n) is 15.4. The Morgan fingerprint density at radius 3 is 2.34 bits per heavy atom. The zero-order valence-corrected chi connectivity index (χ0v) is 15.4. The topological polar surface area (TPSA) is 96.7 Å². The molecule has 1 unspecified atom stereocenters. The van der Waals surface area contributed by atoms with Crippen molar-refractivity contribution in [2.75, 3.05) is 0 Å². The average molecular weight is 385 g/mol. The number of rotatable bonds is 3. The number of H-pyrrole nitrogens is 1. The summed E-state index contributed by atoms with van der Waals surface area (Å²) in [6.45, 7) is 0. The van der Waals surface area contributed by atoms with Gasteiger partial charge in [0.1, 0.15) is 5.60 Å². The normalized spacial score (nSPS) is 15.1. The van der Waals surface area contributed by atoms with Crippen LogP contribution in [0.4, 0.5) is 0 Å². The van der Waals surface area contributed by atoms with E-state index in [1.165, 1.54) is 12.1 Å². The van der Waals surface area contributed by atoms with Crippen molar-refractivity contribution in [2.24, 2.45) is 0 Å². The van der Waals surface area contributed by atoms with Crippen LogP contribution >= 0.6 is 0 Å². The van der Waals surface area contributed by atoms with Crippen LogP contribution in [0.25, 0.3) is 16.5 Å². The van der Waals surface area contributed by atoms with Gasteiger partial charge in [0, 0.05) is 28.2 Å². The SMILES string of the molecule is Oc1cc(C(O)(C2=CCc3ccccc32)c2c[nH]c3ccccc23)cc(O)c1O. The highest BCUT2D eigenvalue weighted by Gasteiger charge is 2.41. The van der Waals surface area contributed by atoms with E-state index in [1.807, 2.05) is 54.6 Å². The molecule has 0 saturated carbocycles. The Morgan fingerprint density at radius 2 is 1.55 bits per heavy atom. The number of aromatic nitrogens is 1. The monoisotopic (exact) mass is 385 g/mol. The third kappa shape index (κ3) is 2.45. The molecule has 0 radical (unpaired) electrons. The molecule has 5 nitrogen and oxygen atoms in total. The van der Waals surface area contributed by atoms with E-state index in [9.17, 15) is 20.4 Å². The van der Waals surface area contributed by atoms with Gasteiger partial charge < -0.3 is 25.4 Å². The quantitative estimate of drug-likeness (QED) is 0.342. The summed E-state index contributed by atoms with van der Waals surface area (Å²) in [6, 6.07) is 18.0. The zero-order chi connectivity index (χ0) is 20.2. The molecule has 0 fully saturated rings. The molecule has 0 saturated heterocycles. The lowest BCUT2D eigenvalue weighted by molar-refractivity contribution is 0.146. The molecule has 5 N–H and O–H groups in total. The molecule has 1 atom stereocenters. The van der Waals surface area contributed by atoms with E-state index in [0.29, 0.717) is 17.6 Å². The van der Waals surface area contributed by atoms with Crippen LogP contribution in [-0.2, 0) is 12.0 Å². The number of hydrogen-bond acceptors (Lipinski definition) is 4. The van der Waals surface area contributed by atoms with Gasteiger partial charge in [0.2, 0.25) is 0 Å². The number of aliphatic hydroxyl groups is 1. The molecule has 3 aromatic carbocycles. The summed E-state index contributed by atoms with van der Waals surface area (Å²) in [7, 11) is 0. The Morgan fingerprint density at radius 1 is 0.862 bits per heavy atom. The van der Waals surface area contributed by atoms with Crippen molar-refractivity contribution in [3.05, 3.63) is 95.2 Å². The van der Waals surface area contributed by atoms with E-state index in [-0.39, 0.29) is 5.56 Å². The highest BCUT2D eigenvalue weighted by molar-refractivity contribution is 5.91. The summed E-state index contributed by atoms with van der Waals surface area (Å²) < 4.78 is 0. The molecular formula is C24H19NO4. The molecule has 5 rings (SSSR count). The molecular weight excluding hydrogens is 366 g/mol. The second-order valence-electron chi connectivity index (χ2n) is 7.30. The molecule has 0 amide bonds. The van der Waals surface area contributed by atoms with Crippen molar-refractivity contribution in [3.63, 3.8) is 0 Å². The summed E-state index contributed by atoms with van der Waals surface area (Å²) in [6.07, 6.45) is 4.38. The van der Waals surface area contributed by atoms with Gasteiger partial charge in [-0.05, 0) is 41.3 Å². The molecule has 1 heterocycles. The summed E-state index contributed by atoms with van der Waals surface area (Å²) in [5.74, 6) is -1.61. The predicted molar refractivity (Wildman–Crippen MR) is 111 cm³/mol. The minimum atomic E-state index is -1.66. The highest BCUT2D eigenvalue weighted by Crippen LogP contribution is 2.50. The number of hydrogen-bond donors (Lipinski definition) is 5. The lowest BCUT2D eigenvalue weighted by atomic mass is 9.77. The molecule has 0 aliphatic heterocycles. The van der Waals surface area contributed by atoms with Crippen LogP contribution in [0.2, 0.25) is 0 Å².